The smallest absolute Gasteiger partial charge is 0.253 e. The summed E-state index contributed by atoms with van der Waals surface area (Å²) >= 11 is 0. The van der Waals surface area contributed by atoms with E-state index in [4.69, 9.17) is 0 Å². The van der Waals surface area contributed by atoms with Crippen LogP contribution in [0.1, 0.15) is 28.8 Å². The minimum Gasteiger partial charge on any atom is -0.338 e. The summed E-state index contributed by atoms with van der Waals surface area (Å²) in [6.07, 6.45) is 5.09. The number of fused-ring (bicyclic) bond motifs is 1. The maximum absolute atomic E-state index is 12.9. The quantitative estimate of drug-likeness (QED) is 0.801. The van der Waals surface area contributed by atoms with Gasteiger partial charge in [-0.2, -0.15) is 5.10 Å². The Morgan fingerprint density at radius 3 is 2.96 bits per heavy atom. The van der Waals surface area contributed by atoms with Crippen LogP contribution in [0.25, 0.3) is 10.9 Å². The molecule has 0 bridgehead atoms. The summed E-state index contributed by atoms with van der Waals surface area (Å²) in [6, 6.07) is 16.3. The van der Waals surface area contributed by atoms with Crippen molar-refractivity contribution in [3.8, 4) is 0 Å². The van der Waals surface area contributed by atoms with Crippen molar-refractivity contribution >= 4 is 16.8 Å². The molecule has 4 nitrogen and oxygen atoms in total. The van der Waals surface area contributed by atoms with E-state index in [1.165, 1.54) is 12.0 Å². The molecule has 2 heterocycles. The second kappa shape index (κ2) is 6.48. The highest BCUT2D eigenvalue weighted by atomic mass is 16.2. The fourth-order valence-corrected chi connectivity index (χ4v) is 3.62. The lowest BCUT2D eigenvalue weighted by molar-refractivity contribution is 0.0673. The summed E-state index contributed by atoms with van der Waals surface area (Å²) in [5.74, 6) is 0.679. The lowest BCUT2D eigenvalue weighted by Gasteiger charge is -2.33. The first-order valence-electron chi connectivity index (χ1n) is 8.56. The molecule has 4 rings (SSSR count). The zero-order valence-corrected chi connectivity index (χ0v) is 13.6. The van der Waals surface area contributed by atoms with Gasteiger partial charge in [0.05, 0.1) is 11.7 Å². The number of carbonyl (C=O) groups is 1. The minimum absolute atomic E-state index is 0.135. The molecule has 3 aromatic rings. The fraction of sp³-hybridized carbons (Fsp3) is 0.300. The standard InChI is InChI=1S/C20H21N3O/c24-20(17-8-9-19-18(12-17)13-21-22-19)23-10-4-7-16(14-23)11-15-5-2-1-3-6-15/h1-3,5-6,8-9,12-13,16H,4,7,10-11,14H2,(H,21,22). The number of nitrogens with zero attached hydrogens (tertiary/aromatic N) is 2. The number of likely N-dealkylation sites (tertiary alicyclic amines) is 1. The number of carbonyl (C=O) groups excluding carboxylic acids is 1. The number of hydrogen-bond donors (Lipinski definition) is 1. The zero-order valence-electron chi connectivity index (χ0n) is 13.6. The average molecular weight is 319 g/mol. The molecule has 122 valence electrons. The molecule has 1 fully saturated rings. The normalized spacial score (nSPS) is 18.0. The van der Waals surface area contributed by atoms with Gasteiger partial charge in [0.25, 0.3) is 5.91 Å². The fourth-order valence-electron chi connectivity index (χ4n) is 3.62. The van der Waals surface area contributed by atoms with Gasteiger partial charge in [-0.05, 0) is 48.9 Å². The van der Waals surface area contributed by atoms with Crippen molar-refractivity contribution in [2.75, 3.05) is 13.1 Å². The van der Waals surface area contributed by atoms with Crippen molar-refractivity contribution in [1.82, 2.24) is 15.1 Å². The van der Waals surface area contributed by atoms with E-state index in [1.54, 1.807) is 6.20 Å². The molecule has 4 heteroatoms. The molecule has 2 aromatic carbocycles. The van der Waals surface area contributed by atoms with Crippen LogP contribution in [0.15, 0.2) is 54.7 Å². The van der Waals surface area contributed by atoms with E-state index in [1.807, 2.05) is 29.2 Å². The van der Waals surface area contributed by atoms with Gasteiger partial charge in [-0.3, -0.25) is 9.89 Å². The lowest BCUT2D eigenvalue weighted by Crippen LogP contribution is -2.40. The van der Waals surface area contributed by atoms with E-state index in [9.17, 15) is 4.79 Å². The molecule has 1 atom stereocenters. The largest absolute Gasteiger partial charge is 0.338 e. The summed E-state index contributed by atoms with van der Waals surface area (Å²) in [4.78, 5) is 14.9. The molecule has 0 radical (unpaired) electrons. The van der Waals surface area contributed by atoms with E-state index in [2.05, 4.69) is 34.5 Å². The molecule has 0 spiro atoms. The van der Waals surface area contributed by atoms with Crippen molar-refractivity contribution in [2.45, 2.75) is 19.3 Å². The topological polar surface area (TPSA) is 49.0 Å². The van der Waals surface area contributed by atoms with E-state index in [0.29, 0.717) is 5.92 Å². The van der Waals surface area contributed by atoms with Crippen molar-refractivity contribution in [3.05, 3.63) is 65.9 Å². The molecule has 1 aliphatic heterocycles. The maximum Gasteiger partial charge on any atom is 0.253 e. The Morgan fingerprint density at radius 1 is 1.21 bits per heavy atom. The summed E-state index contributed by atoms with van der Waals surface area (Å²) in [6.45, 7) is 1.70. The first-order valence-corrected chi connectivity index (χ1v) is 8.56. The molecular formula is C20H21N3O. The van der Waals surface area contributed by atoms with E-state index < -0.39 is 0 Å². The number of H-pyrrole nitrogens is 1. The molecular weight excluding hydrogens is 298 g/mol. The van der Waals surface area contributed by atoms with Crippen LogP contribution in [0.3, 0.4) is 0 Å². The number of nitrogens with one attached hydrogen (secondary N) is 1. The molecule has 1 aromatic heterocycles. The Bertz CT molecular complexity index is 840. The predicted molar refractivity (Wildman–Crippen MR) is 94.9 cm³/mol. The first kappa shape index (κ1) is 14.9. The van der Waals surface area contributed by atoms with Crippen LogP contribution in [0.2, 0.25) is 0 Å². The number of hydrogen-bond acceptors (Lipinski definition) is 2. The van der Waals surface area contributed by atoms with Gasteiger partial charge in [-0.15, -0.1) is 0 Å². The van der Waals surface area contributed by atoms with E-state index in [-0.39, 0.29) is 5.91 Å². The summed E-state index contributed by atoms with van der Waals surface area (Å²) in [7, 11) is 0. The van der Waals surface area contributed by atoms with E-state index in [0.717, 1.165) is 42.4 Å². The Kier molecular flexibility index (Phi) is 4.03. The Balaban J connectivity index is 1.47. The monoisotopic (exact) mass is 319 g/mol. The number of benzene rings is 2. The predicted octanol–water partition coefficient (Wildman–Crippen LogP) is 3.66. The van der Waals surface area contributed by atoms with Crippen LogP contribution in [-0.4, -0.2) is 34.1 Å². The Labute approximate surface area is 141 Å². The van der Waals surface area contributed by atoms with Gasteiger partial charge >= 0.3 is 0 Å². The highest BCUT2D eigenvalue weighted by Gasteiger charge is 2.24. The van der Waals surface area contributed by atoms with Gasteiger partial charge in [-0.1, -0.05) is 30.3 Å². The third-order valence-corrected chi connectivity index (χ3v) is 4.86. The van der Waals surface area contributed by atoms with Gasteiger partial charge in [0.15, 0.2) is 0 Å². The molecule has 0 saturated carbocycles. The second-order valence-corrected chi connectivity index (χ2v) is 6.62. The van der Waals surface area contributed by atoms with Crippen LogP contribution in [0.4, 0.5) is 0 Å². The molecule has 1 saturated heterocycles. The summed E-state index contributed by atoms with van der Waals surface area (Å²) in [5, 5.41) is 7.93. The van der Waals surface area contributed by atoms with Crippen LogP contribution in [0, 0.1) is 5.92 Å². The molecule has 1 amide bonds. The minimum atomic E-state index is 0.135. The van der Waals surface area contributed by atoms with Gasteiger partial charge in [-0.25, -0.2) is 0 Å². The number of amides is 1. The Morgan fingerprint density at radius 2 is 2.08 bits per heavy atom. The van der Waals surface area contributed by atoms with Crippen molar-refractivity contribution < 1.29 is 4.79 Å². The molecule has 1 N–H and O–H groups in total. The molecule has 0 aliphatic carbocycles. The van der Waals surface area contributed by atoms with Gasteiger partial charge in [0.1, 0.15) is 0 Å². The zero-order chi connectivity index (χ0) is 16.4. The van der Waals surface area contributed by atoms with Gasteiger partial charge in [0, 0.05) is 24.0 Å². The van der Waals surface area contributed by atoms with Crippen LogP contribution >= 0.6 is 0 Å². The van der Waals surface area contributed by atoms with E-state index >= 15 is 0 Å². The second-order valence-electron chi connectivity index (χ2n) is 6.62. The number of aromatic amines is 1. The molecule has 24 heavy (non-hydrogen) atoms. The van der Waals surface area contributed by atoms with Gasteiger partial charge in [0.2, 0.25) is 0 Å². The van der Waals surface area contributed by atoms with Gasteiger partial charge < -0.3 is 4.90 Å². The Hall–Kier alpha value is -2.62. The third-order valence-electron chi connectivity index (χ3n) is 4.86. The SMILES string of the molecule is O=C(c1ccc2[nH]ncc2c1)N1CCCC(Cc2ccccc2)C1. The summed E-state index contributed by atoms with van der Waals surface area (Å²) < 4.78 is 0. The van der Waals surface area contributed by atoms with Crippen molar-refractivity contribution in [1.29, 1.82) is 0 Å². The summed E-state index contributed by atoms with van der Waals surface area (Å²) in [5.41, 5.74) is 3.08. The highest BCUT2D eigenvalue weighted by Crippen LogP contribution is 2.23. The van der Waals surface area contributed by atoms with Crippen molar-refractivity contribution in [2.24, 2.45) is 5.92 Å². The first-order chi connectivity index (χ1) is 11.8. The van der Waals surface area contributed by atoms with Crippen LogP contribution < -0.4 is 0 Å². The highest BCUT2D eigenvalue weighted by molar-refractivity contribution is 5.97. The van der Waals surface area contributed by atoms with Crippen LogP contribution in [-0.2, 0) is 6.42 Å². The number of piperidine rings is 1. The molecule has 1 aliphatic rings. The van der Waals surface area contributed by atoms with Crippen LogP contribution in [0.5, 0.6) is 0 Å². The average Bonchev–Trinajstić information content (AvgIpc) is 3.10. The third kappa shape index (κ3) is 3.04. The lowest BCUT2D eigenvalue weighted by atomic mass is 9.91. The van der Waals surface area contributed by atoms with Crippen molar-refractivity contribution in [3.63, 3.8) is 0 Å². The number of rotatable bonds is 3. The molecule has 1 unspecified atom stereocenters. The number of aromatic nitrogens is 2. The maximum atomic E-state index is 12.9.